The first-order chi connectivity index (χ1) is 8.81. The van der Waals surface area contributed by atoms with Gasteiger partial charge >= 0.3 is 0 Å². The van der Waals surface area contributed by atoms with Crippen LogP contribution in [0.15, 0.2) is 18.2 Å². The van der Waals surface area contributed by atoms with Crippen molar-refractivity contribution in [2.75, 3.05) is 19.4 Å². The van der Waals surface area contributed by atoms with Crippen LogP contribution in [0.25, 0.3) is 0 Å². The molecular formula is C14H21NO2S. The molecule has 1 aromatic rings. The molecule has 1 aliphatic rings. The van der Waals surface area contributed by atoms with Gasteiger partial charge in [0, 0.05) is 23.9 Å². The molecule has 3 nitrogen and oxygen atoms in total. The molecule has 0 spiro atoms. The van der Waals surface area contributed by atoms with Crippen LogP contribution in [0.1, 0.15) is 24.8 Å². The number of para-hydroxylation sites is 1. The van der Waals surface area contributed by atoms with Gasteiger partial charge in [-0.3, -0.25) is 0 Å². The molecule has 1 aliphatic heterocycles. The molecule has 1 fully saturated rings. The summed E-state index contributed by atoms with van der Waals surface area (Å²) in [6.07, 6.45) is 4.02. The average Bonchev–Trinajstić information content (AvgIpc) is 2.42. The second kappa shape index (κ2) is 6.90. The van der Waals surface area contributed by atoms with Crippen molar-refractivity contribution >= 4 is 11.8 Å². The third kappa shape index (κ3) is 3.56. The summed E-state index contributed by atoms with van der Waals surface area (Å²) in [5.74, 6) is 2.08. The summed E-state index contributed by atoms with van der Waals surface area (Å²) in [7, 11) is 1.57. The molecule has 1 heterocycles. The molecule has 0 amide bonds. The van der Waals surface area contributed by atoms with Crippen LogP contribution >= 0.6 is 11.8 Å². The molecule has 100 valence electrons. The Morgan fingerprint density at radius 1 is 1.44 bits per heavy atom. The van der Waals surface area contributed by atoms with Gasteiger partial charge in [0.1, 0.15) is 0 Å². The predicted molar refractivity (Wildman–Crippen MR) is 76.5 cm³/mol. The number of nitrogens with one attached hydrogen (secondary N) is 1. The van der Waals surface area contributed by atoms with E-state index in [1.807, 2.05) is 12.1 Å². The van der Waals surface area contributed by atoms with Crippen LogP contribution in [-0.4, -0.2) is 29.8 Å². The SMILES string of the molecule is COc1cccc(CNCC2CCCCS2)c1O. The van der Waals surface area contributed by atoms with E-state index in [4.69, 9.17) is 4.74 Å². The van der Waals surface area contributed by atoms with Gasteiger partial charge in [0.15, 0.2) is 11.5 Å². The first-order valence-electron chi connectivity index (χ1n) is 6.48. The topological polar surface area (TPSA) is 41.5 Å². The van der Waals surface area contributed by atoms with Crippen LogP contribution in [0, 0.1) is 0 Å². The fourth-order valence-corrected chi connectivity index (χ4v) is 3.48. The van der Waals surface area contributed by atoms with E-state index >= 15 is 0 Å². The molecule has 4 heteroatoms. The molecule has 2 rings (SSSR count). The zero-order valence-electron chi connectivity index (χ0n) is 10.8. The summed E-state index contributed by atoms with van der Waals surface area (Å²) in [5, 5.41) is 14.1. The van der Waals surface area contributed by atoms with E-state index in [2.05, 4.69) is 17.1 Å². The monoisotopic (exact) mass is 267 g/mol. The number of aromatic hydroxyl groups is 1. The number of hydrogen-bond acceptors (Lipinski definition) is 4. The summed E-state index contributed by atoms with van der Waals surface area (Å²) in [5.41, 5.74) is 0.898. The van der Waals surface area contributed by atoms with Crippen molar-refractivity contribution in [3.63, 3.8) is 0 Å². The summed E-state index contributed by atoms with van der Waals surface area (Å²) < 4.78 is 5.10. The van der Waals surface area contributed by atoms with E-state index in [0.717, 1.165) is 17.4 Å². The number of thioether (sulfide) groups is 1. The first kappa shape index (κ1) is 13.6. The second-order valence-corrected chi connectivity index (χ2v) is 6.00. The van der Waals surface area contributed by atoms with E-state index < -0.39 is 0 Å². The summed E-state index contributed by atoms with van der Waals surface area (Å²) in [6.45, 7) is 1.71. The Hall–Kier alpha value is -0.870. The maximum absolute atomic E-state index is 9.96. The van der Waals surface area contributed by atoms with Gasteiger partial charge in [0.05, 0.1) is 7.11 Å². The van der Waals surface area contributed by atoms with Gasteiger partial charge in [-0.05, 0) is 24.7 Å². The number of methoxy groups -OCH3 is 1. The Morgan fingerprint density at radius 3 is 3.06 bits per heavy atom. The van der Waals surface area contributed by atoms with Crippen molar-refractivity contribution in [1.29, 1.82) is 0 Å². The Bertz CT molecular complexity index is 378. The summed E-state index contributed by atoms with van der Waals surface area (Å²) in [4.78, 5) is 0. The molecule has 1 saturated heterocycles. The van der Waals surface area contributed by atoms with Crippen LogP contribution in [-0.2, 0) is 6.54 Å². The standard InChI is InChI=1S/C14H21NO2S/c1-17-13-7-4-5-11(14(13)16)9-15-10-12-6-2-3-8-18-12/h4-5,7,12,15-16H,2-3,6,8-10H2,1H3. The minimum Gasteiger partial charge on any atom is -0.504 e. The fourth-order valence-electron chi connectivity index (χ4n) is 2.21. The molecule has 1 aromatic carbocycles. The van der Waals surface area contributed by atoms with Crippen molar-refractivity contribution in [3.8, 4) is 11.5 Å². The highest BCUT2D eigenvalue weighted by molar-refractivity contribution is 7.99. The number of benzene rings is 1. The molecule has 0 radical (unpaired) electrons. The number of hydrogen-bond donors (Lipinski definition) is 2. The van der Waals surface area contributed by atoms with Crippen LogP contribution in [0.5, 0.6) is 11.5 Å². The molecule has 0 aliphatic carbocycles. The molecule has 2 N–H and O–H groups in total. The van der Waals surface area contributed by atoms with E-state index in [-0.39, 0.29) is 5.75 Å². The number of ether oxygens (including phenoxy) is 1. The van der Waals surface area contributed by atoms with E-state index in [1.165, 1.54) is 25.0 Å². The summed E-state index contributed by atoms with van der Waals surface area (Å²) >= 11 is 2.06. The Kier molecular flexibility index (Phi) is 5.20. The van der Waals surface area contributed by atoms with Crippen molar-refractivity contribution in [3.05, 3.63) is 23.8 Å². The Balaban J connectivity index is 1.82. The lowest BCUT2D eigenvalue weighted by Crippen LogP contribution is -2.26. The van der Waals surface area contributed by atoms with Gasteiger partial charge in [-0.25, -0.2) is 0 Å². The highest BCUT2D eigenvalue weighted by Crippen LogP contribution is 2.29. The molecular weight excluding hydrogens is 246 g/mol. The van der Waals surface area contributed by atoms with Crippen molar-refractivity contribution in [1.82, 2.24) is 5.32 Å². The van der Waals surface area contributed by atoms with Crippen molar-refractivity contribution in [2.24, 2.45) is 0 Å². The van der Waals surface area contributed by atoms with Gasteiger partial charge in [-0.15, -0.1) is 0 Å². The molecule has 1 atom stereocenters. The minimum absolute atomic E-state index is 0.254. The molecule has 0 bridgehead atoms. The van der Waals surface area contributed by atoms with Crippen molar-refractivity contribution < 1.29 is 9.84 Å². The lowest BCUT2D eigenvalue weighted by Gasteiger charge is -2.21. The number of phenolic OH excluding ortho intramolecular Hbond substituents is 1. The highest BCUT2D eigenvalue weighted by atomic mass is 32.2. The van der Waals surface area contributed by atoms with E-state index in [9.17, 15) is 5.11 Å². The Morgan fingerprint density at radius 2 is 2.33 bits per heavy atom. The first-order valence-corrected chi connectivity index (χ1v) is 7.53. The van der Waals surface area contributed by atoms with Crippen LogP contribution in [0.4, 0.5) is 0 Å². The predicted octanol–water partition coefficient (Wildman–Crippen LogP) is 2.78. The van der Waals surface area contributed by atoms with E-state index in [0.29, 0.717) is 12.3 Å². The number of rotatable bonds is 5. The molecule has 0 saturated carbocycles. The van der Waals surface area contributed by atoms with Crippen molar-refractivity contribution in [2.45, 2.75) is 31.1 Å². The third-order valence-corrected chi connectivity index (χ3v) is 4.66. The Labute approximate surface area is 113 Å². The van der Waals surface area contributed by atoms with Gasteiger partial charge < -0.3 is 15.2 Å². The molecule has 0 aromatic heterocycles. The largest absolute Gasteiger partial charge is 0.504 e. The van der Waals surface area contributed by atoms with Gasteiger partial charge in [-0.2, -0.15) is 11.8 Å². The fraction of sp³-hybridized carbons (Fsp3) is 0.571. The number of phenols is 1. The minimum atomic E-state index is 0.254. The zero-order valence-corrected chi connectivity index (χ0v) is 11.6. The average molecular weight is 267 g/mol. The van der Waals surface area contributed by atoms with Gasteiger partial charge in [-0.1, -0.05) is 18.6 Å². The molecule has 1 unspecified atom stereocenters. The molecule has 18 heavy (non-hydrogen) atoms. The van der Waals surface area contributed by atoms with E-state index in [1.54, 1.807) is 13.2 Å². The smallest absolute Gasteiger partial charge is 0.162 e. The van der Waals surface area contributed by atoms with Crippen LogP contribution in [0.2, 0.25) is 0 Å². The van der Waals surface area contributed by atoms with Gasteiger partial charge in [0.2, 0.25) is 0 Å². The normalized spacial score (nSPS) is 19.7. The van der Waals surface area contributed by atoms with Crippen LogP contribution < -0.4 is 10.1 Å². The quantitative estimate of drug-likeness (QED) is 0.861. The zero-order chi connectivity index (χ0) is 12.8. The lowest BCUT2D eigenvalue weighted by atomic mass is 10.1. The lowest BCUT2D eigenvalue weighted by molar-refractivity contribution is 0.369. The summed E-state index contributed by atoms with van der Waals surface area (Å²) in [6, 6.07) is 5.61. The second-order valence-electron chi connectivity index (χ2n) is 4.59. The van der Waals surface area contributed by atoms with Gasteiger partial charge in [0.25, 0.3) is 0 Å². The van der Waals surface area contributed by atoms with Crippen LogP contribution in [0.3, 0.4) is 0 Å². The highest BCUT2D eigenvalue weighted by Gasteiger charge is 2.13. The maximum atomic E-state index is 9.96. The third-order valence-electron chi connectivity index (χ3n) is 3.26. The maximum Gasteiger partial charge on any atom is 0.162 e.